The van der Waals surface area contributed by atoms with Crippen molar-refractivity contribution in [3.8, 4) is 0 Å². The molecule has 4 rings (SSSR count). The summed E-state index contributed by atoms with van der Waals surface area (Å²) >= 11 is 0. The number of hydrogen-bond acceptors (Lipinski definition) is 2. The van der Waals surface area contributed by atoms with Crippen LogP contribution in [0.3, 0.4) is 0 Å². The van der Waals surface area contributed by atoms with E-state index in [1.165, 1.54) is 36.1 Å². The molecule has 1 spiro atoms. The largest absolute Gasteiger partial charge is 0.371 e. The molecule has 1 aliphatic heterocycles. The Hall–Kier alpha value is -2.29. The maximum atomic E-state index is 5.00. The Morgan fingerprint density at radius 2 is 1.62 bits per heavy atom. The lowest BCUT2D eigenvalue weighted by Gasteiger charge is -2.44. The standard InChI is InChI=1S/C21H25N3/c1-16-9-11-17(12-10-16)15-22-20-21(13-5-2-6-14-21)24-19-8-4-3-7-18(19)23-20/h3-4,7-12,24H,2,5-6,13-15H2,1H3,(H,22,23). The van der Waals surface area contributed by atoms with Crippen molar-refractivity contribution < 1.29 is 0 Å². The van der Waals surface area contributed by atoms with Crippen LogP contribution >= 0.6 is 0 Å². The fourth-order valence-corrected chi connectivity index (χ4v) is 3.84. The highest BCUT2D eigenvalue weighted by molar-refractivity contribution is 6.09. The average molecular weight is 319 g/mol. The molecule has 124 valence electrons. The number of fused-ring (bicyclic) bond motifs is 1. The predicted molar refractivity (Wildman–Crippen MR) is 102 cm³/mol. The number of aryl methyl sites for hydroxylation is 1. The fraction of sp³-hybridized carbons (Fsp3) is 0.381. The van der Waals surface area contributed by atoms with Crippen molar-refractivity contribution in [2.24, 2.45) is 4.99 Å². The van der Waals surface area contributed by atoms with E-state index < -0.39 is 0 Å². The number of benzene rings is 2. The van der Waals surface area contributed by atoms with Crippen molar-refractivity contribution in [2.75, 3.05) is 10.6 Å². The van der Waals surface area contributed by atoms with Crippen LogP contribution in [0.2, 0.25) is 0 Å². The molecule has 0 unspecified atom stereocenters. The number of nitrogens with one attached hydrogen (secondary N) is 2. The third-order valence-corrected chi connectivity index (χ3v) is 5.25. The summed E-state index contributed by atoms with van der Waals surface area (Å²) in [5.41, 5.74) is 4.88. The number of amidine groups is 1. The van der Waals surface area contributed by atoms with Gasteiger partial charge in [0.2, 0.25) is 0 Å². The first-order valence-corrected chi connectivity index (χ1v) is 9.00. The second-order valence-electron chi connectivity index (χ2n) is 7.09. The van der Waals surface area contributed by atoms with Crippen LogP contribution in [0, 0.1) is 6.92 Å². The lowest BCUT2D eigenvalue weighted by molar-refractivity contribution is 0.403. The summed E-state index contributed by atoms with van der Waals surface area (Å²) in [4.78, 5) is 5.00. The molecule has 0 amide bonds. The summed E-state index contributed by atoms with van der Waals surface area (Å²) in [5.74, 6) is 1.11. The van der Waals surface area contributed by atoms with Crippen LogP contribution in [0.15, 0.2) is 53.5 Å². The summed E-state index contributed by atoms with van der Waals surface area (Å²) in [5, 5.41) is 7.44. The van der Waals surface area contributed by atoms with Gasteiger partial charge in [0, 0.05) is 0 Å². The Balaban J connectivity index is 1.65. The van der Waals surface area contributed by atoms with Crippen LogP contribution in [-0.4, -0.2) is 11.4 Å². The van der Waals surface area contributed by atoms with Crippen molar-refractivity contribution in [3.05, 3.63) is 59.7 Å². The molecule has 1 saturated carbocycles. The van der Waals surface area contributed by atoms with Gasteiger partial charge in [0.1, 0.15) is 5.84 Å². The second-order valence-corrected chi connectivity index (χ2v) is 7.09. The van der Waals surface area contributed by atoms with Gasteiger partial charge in [-0.3, -0.25) is 4.99 Å². The maximum absolute atomic E-state index is 5.00. The van der Waals surface area contributed by atoms with E-state index in [-0.39, 0.29) is 5.54 Å². The minimum atomic E-state index is -0.0166. The Morgan fingerprint density at radius 3 is 2.38 bits per heavy atom. The average Bonchev–Trinajstić information content (AvgIpc) is 2.62. The quantitative estimate of drug-likeness (QED) is 0.804. The third-order valence-electron chi connectivity index (χ3n) is 5.25. The first kappa shape index (κ1) is 15.3. The summed E-state index contributed by atoms with van der Waals surface area (Å²) in [6.45, 7) is 2.85. The van der Waals surface area contributed by atoms with Crippen molar-refractivity contribution >= 4 is 17.2 Å². The van der Waals surface area contributed by atoms with E-state index in [1.807, 2.05) is 0 Å². The van der Waals surface area contributed by atoms with Gasteiger partial charge in [0.25, 0.3) is 0 Å². The SMILES string of the molecule is Cc1ccc(CN=C2Nc3ccccc3NC23CCCCC3)cc1. The molecule has 0 bridgehead atoms. The zero-order valence-electron chi connectivity index (χ0n) is 14.3. The molecule has 2 aliphatic rings. The molecular formula is C21H25N3. The molecule has 1 fully saturated rings. The number of hydrogen-bond donors (Lipinski definition) is 2. The second kappa shape index (κ2) is 6.31. The molecule has 2 N–H and O–H groups in total. The van der Waals surface area contributed by atoms with Gasteiger partial charge in [-0.05, 0) is 37.5 Å². The molecule has 1 aliphatic carbocycles. The van der Waals surface area contributed by atoms with Gasteiger partial charge in [0.05, 0.1) is 23.5 Å². The normalized spacial score (nSPS) is 20.3. The van der Waals surface area contributed by atoms with E-state index in [4.69, 9.17) is 4.99 Å². The predicted octanol–water partition coefficient (Wildman–Crippen LogP) is 5.13. The van der Waals surface area contributed by atoms with Gasteiger partial charge in [-0.25, -0.2) is 0 Å². The summed E-state index contributed by atoms with van der Waals surface area (Å²) < 4.78 is 0. The zero-order chi connectivity index (χ0) is 16.4. The molecule has 0 atom stereocenters. The Morgan fingerprint density at radius 1 is 0.917 bits per heavy atom. The first-order chi connectivity index (χ1) is 11.8. The Labute approximate surface area is 144 Å². The number of nitrogens with zero attached hydrogens (tertiary/aromatic N) is 1. The molecule has 0 aromatic heterocycles. The number of aliphatic imine (C=N–C) groups is 1. The molecule has 0 radical (unpaired) electrons. The molecule has 24 heavy (non-hydrogen) atoms. The number of para-hydroxylation sites is 2. The fourth-order valence-electron chi connectivity index (χ4n) is 3.84. The molecule has 0 saturated heterocycles. The minimum absolute atomic E-state index is 0.0166. The lowest BCUT2D eigenvalue weighted by Crippen LogP contribution is -2.53. The van der Waals surface area contributed by atoms with Crippen molar-refractivity contribution in [3.63, 3.8) is 0 Å². The Kier molecular flexibility index (Phi) is 4.01. The van der Waals surface area contributed by atoms with Crippen LogP contribution in [0.4, 0.5) is 11.4 Å². The lowest BCUT2D eigenvalue weighted by atomic mass is 9.79. The summed E-state index contributed by atoms with van der Waals surface area (Å²) in [6, 6.07) is 17.1. The van der Waals surface area contributed by atoms with E-state index in [2.05, 4.69) is 66.1 Å². The van der Waals surface area contributed by atoms with Gasteiger partial charge in [-0.1, -0.05) is 61.2 Å². The summed E-state index contributed by atoms with van der Waals surface area (Å²) in [6.07, 6.45) is 6.17. The van der Waals surface area contributed by atoms with Crippen LogP contribution in [0.1, 0.15) is 43.2 Å². The van der Waals surface area contributed by atoms with E-state index >= 15 is 0 Å². The highest BCUT2D eigenvalue weighted by atomic mass is 15.2. The van der Waals surface area contributed by atoms with E-state index in [1.54, 1.807) is 0 Å². The molecular weight excluding hydrogens is 294 g/mol. The van der Waals surface area contributed by atoms with Gasteiger partial charge in [-0.2, -0.15) is 0 Å². The van der Waals surface area contributed by atoms with Gasteiger partial charge in [0.15, 0.2) is 0 Å². The Bertz CT molecular complexity index is 740. The van der Waals surface area contributed by atoms with Crippen LogP contribution in [0.25, 0.3) is 0 Å². The number of anilines is 2. The first-order valence-electron chi connectivity index (χ1n) is 9.00. The molecule has 3 nitrogen and oxygen atoms in total. The third kappa shape index (κ3) is 2.91. The van der Waals surface area contributed by atoms with Crippen LogP contribution < -0.4 is 10.6 Å². The highest BCUT2D eigenvalue weighted by Crippen LogP contribution is 2.39. The van der Waals surface area contributed by atoms with Gasteiger partial charge >= 0.3 is 0 Å². The number of rotatable bonds is 2. The van der Waals surface area contributed by atoms with Crippen molar-refractivity contribution in [1.82, 2.24) is 0 Å². The van der Waals surface area contributed by atoms with E-state index in [9.17, 15) is 0 Å². The maximum Gasteiger partial charge on any atom is 0.127 e. The van der Waals surface area contributed by atoms with E-state index in [0.717, 1.165) is 30.9 Å². The van der Waals surface area contributed by atoms with Crippen LogP contribution in [0.5, 0.6) is 0 Å². The van der Waals surface area contributed by atoms with Gasteiger partial charge in [-0.15, -0.1) is 0 Å². The molecule has 3 heteroatoms. The van der Waals surface area contributed by atoms with Crippen molar-refractivity contribution in [2.45, 2.75) is 51.1 Å². The minimum Gasteiger partial charge on any atom is -0.371 e. The smallest absolute Gasteiger partial charge is 0.127 e. The molecule has 2 aromatic carbocycles. The molecule has 1 heterocycles. The van der Waals surface area contributed by atoms with Crippen LogP contribution in [-0.2, 0) is 6.54 Å². The zero-order valence-corrected chi connectivity index (χ0v) is 14.3. The van der Waals surface area contributed by atoms with E-state index in [0.29, 0.717) is 0 Å². The highest BCUT2D eigenvalue weighted by Gasteiger charge is 2.40. The summed E-state index contributed by atoms with van der Waals surface area (Å²) in [7, 11) is 0. The van der Waals surface area contributed by atoms with Crippen molar-refractivity contribution in [1.29, 1.82) is 0 Å². The molecule has 2 aromatic rings. The van der Waals surface area contributed by atoms with Gasteiger partial charge < -0.3 is 10.6 Å². The monoisotopic (exact) mass is 319 g/mol. The topological polar surface area (TPSA) is 36.4 Å².